The molecule has 1 heterocycles. The summed E-state index contributed by atoms with van der Waals surface area (Å²) in [5.74, 6) is 0.437. The van der Waals surface area contributed by atoms with E-state index in [1.165, 1.54) is 0 Å². The molecule has 0 spiro atoms. The van der Waals surface area contributed by atoms with Gasteiger partial charge >= 0.3 is 0 Å². The van der Waals surface area contributed by atoms with Crippen molar-refractivity contribution < 1.29 is 13.5 Å². The van der Waals surface area contributed by atoms with Gasteiger partial charge in [-0.25, -0.2) is 8.42 Å². The van der Waals surface area contributed by atoms with Crippen LogP contribution < -0.4 is 0 Å². The second-order valence-electron chi connectivity index (χ2n) is 4.11. The van der Waals surface area contributed by atoms with Gasteiger partial charge in [0.1, 0.15) is 0 Å². The second-order valence-corrected chi connectivity index (χ2v) is 6.41. The molecule has 1 aliphatic rings. The highest BCUT2D eigenvalue weighted by Crippen LogP contribution is 2.16. The Kier molecular flexibility index (Phi) is 2.99. The smallest absolute Gasteiger partial charge is 0.152 e. The van der Waals surface area contributed by atoms with E-state index >= 15 is 0 Å². The fourth-order valence-electron chi connectivity index (χ4n) is 1.42. The zero-order valence-corrected chi connectivity index (χ0v) is 8.97. The van der Waals surface area contributed by atoms with E-state index in [0.29, 0.717) is 13.1 Å². The summed E-state index contributed by atoms with van der Waals surface area (Å²) in [6.07, 6.45) is 0. The summed E-state index contributed by atoms with van der Waals surface area (Å²) in [5.41, 5.74) is -0.296. The number of hydrogen-bond acceptors (Lipinski definition) is 4. The van der Waals surface area contributed by atoms with Gasteiger partial charge in [0.2, 0.25) is 0 Å². The van der Waals surface area contributed by atoms with Gasteiger partial charge in [-0.2, -0.15) is 0 Å². The Morgan fingerprint density at radius 1 is 1.31 bits per heavy atom. The molecule has 0 saturated carbocycles. The summed E-state index contributed by atoms with van der Waals surface area (Å²) in [6.45, 7) is 4.98. The van der Waals surface area contributed by atoms with Gasteiger partial charge in [-0.15, -0.1) is 0 Å². The summed E-state index contributed by atoms with van der Waals surface area (Å²) in [6, 6.07) is 0. The molecule has 1 aliphatic heterocycles. The lowest BCUT2D eigenvalue weighted by Crippen LogP contribution is -2.53. The number of rotatable bonds is 2. The molecule has 13 heavy (non-hydrogen) atoms. The Labute approximate surface area is 79.5 Å². The molecule has 0 bridgehead atoms. The van der Waals surface area contributed by atoms with Crippen LogP contribution in [0.15, 0.2) is 0 Å². The number of aliphatic hydroxyl groups is 1. The number of sulfone groups is 1. The molecule has 78 valence electrons. The van der Waals surface area contributed by atoms with E-state index in [9.17, 15) is 8.42 Å². The van der Waals surface area contributed by atoms with Crippen LogP contribution in [-0.4, -0.2) is 55.2 Å². The Hall–Kier alpha value is -0.130. The summed E-state index contributed by atoms with van der Waals surface area (Å²) in [4.78, 5) is 2.02. The number of hydrogen-bond donors (Lipinski definition) is 1. The van der Waals surface area contributed by atoms with Gasteiger partial charge in [0.15, 0.2) is 9.84 Å². The highest BCUT2D eigenvalue weighted by Gasteiger charge is 2.31. The highest BCUT2D eigenvalue weighted by molar-refractivity contribution is 7.91. The van der Waals surface area contributed by atoms with Crippen LogP contribution in [0, 0.1) is 0 Å². The summed E-state index contributed by atoms with van der Waals surface area (Å²) < 4.78 is 22.2. The predicted octanol–water partition coefficient (Wildman–Crippen LogP) is -0.512. The fourth-order valence-corrected chi connectivity index (χ4v) is 2.62. The van der Waals surface area contributed by atoms with Crippen molar-refractivity contribution in [3.8, 4) is 0 Å². The van der Waals surface area contributed by atoms with Crippen molar-refractivity contribution in [2.75, 3.05) is 31.2 Å². The minimum Gasteiger partial charge on any atom is -0.394 e. The SMILES string of the molecule is CC(C)(CO)N1CCS(=O)(=O)CC1. The van der Waals surface area contributed by atoms with Crippen LogP contribution in [0.1, 0.15) is 13.8 Å². The molecular weight excluding hydrogens is 190 g/mol. The third-order valence-electron chi connectivity index (χ3n) is 2.59. The largest absolute Gasteiger partial charge is 0.394 e. The van der Waals surface area contributed by atoms with Crippen LogP contribution in [0.3, 0.4) is 0 Å². The van der Waals surface area contributed by atoms with Crippen molar-refractivity contribution in [2.24, 2.45) is 0 Å². The molecule has 0 aliphatic carbocycles. The van der Waals surface area contributed by atoms with E-state index < -0.39 is 9.84 Å². The van der Waals surface area contributed by atoms with Crippen LogP contribution in [0.4, 0.5) is 0 Å². The monoisotopic (exact) mass is 207 g/mol. The lowest BCUT2D eigenvalue weighted by Gasteiger charge is -2.39. The molecule has 0 unspecified atom stereocenters. The topological polar surface area (TPSA) is 57.6 Å². The van der Waals surface area contributed by atoms with Crippen molar-refractivity contribution in [1.82, 2.24) is 4.90 Å². The Balaban J connectivity index is 2.60. The van der Waals surface area contributed by atoms with Gasteiger partial charge in [0.25, 0.3) is 0 Å². The molecule has 0 radical (unpaired) electrons. The normalized spacial score (nSPS) is 24.5. The fraction of sp³-hybridized carbons (Fsp3) is 1.00. The average Bonchev–Trinajstić information content (AvgIpc) is 2.04. The quantitative estimate of drug-likeness (QED) is 0.662. The maximum absolute atomic E-state index is 11.1. The molecule has 0 aromatic heterocycles. The molecule has 0 aromatic rings. The van der Waals surface area contributed by atoms with Crippen molar-refractivity contribution >= 4 is 9.84 Å². The van der Waals surface area contributed by atoms with Gasteiger partial charge in [-0.1, -0.05) is 0 Å². The lowest BCUT2D eigenvalue weighted by molar-refractivity contribution is 0.0643. The number of nitrogens with zero attached hydrogens (tertiary/aromatic N) is 1. The van der Waals surface area contributed by atoms with E-state index in [1.807, 2.05) is 18.7 Å². The van der Waals surface area contributed by atoms with Gasteiger partial charge in [-0.05, 0) is 13.8 Å². The molecule has 1 N–H and O–H groups in total. The molecule has 1 saturated heterocycles. The molecule has 0 amide bonds. The first kappa shape index (κ1) is 10.9. The highest BCUT2D eigenvalue weighted by atomic mass is 32.2. The van der Waals surface area contributed by atoms with E-state index in [0.717, 1.165) is 0 Å². The van der Waals surface area contributed by atoms with E-state index in [-0.39, 0.29) is 23.7 Å². The van der Waals surface area contributed by atoms with Crippen LogP contribution >= 0.6 is 0 Å². The minimum atomic E-state index is -2.81. The zero-order chi connectivity index (χ0) is 10.1. The van der Waals surface area contributed by atoms with Crippen LogP contribution in [0.5, 0.6) is 0 Å². The standard InChI is InChI=1S/C8H17NO3S/c1-8(2,7-10)9-3-5-13(11,12)6-4-9/h10H,3-7H2,1-2H3. The Morgan fingerprint density at radius 3 is 2.15 bits per heavy atom. The lowest BCUT2D eigenvalue weighted by atomic mass is 10.0. The molecule has 0 atom stereocenters. The third kappa shape index (κ3) is 2.65. The van der Waals surface area contributed by atoms with Gasteiger partial charge in [0, 0.05) is 18.6 Å². The van der Waals surface area contributed by atoms with Gasteiger partial charge in [-0.3, -0.25) is 4.90 Å². The first-order chi connectivity index (χ1) is 5.87. The van der Waals surface area contributed by atoms with Crippen molar-refractivity contribution in [3.63, 3.8) is 0 Å². The molecule has 5 heteroatoms. The van der Waals surface area contributed by atoms with Gasteiger partial charge < -0.3 is 5.11 Å². The van der Waals surface area contributed by atoms with Crippen molar-refractivity contribution in [1.29, 1.82) is 0 Å². The van der Waals surface area contributed by atoms with Crippen LogP contribution in [0.25, 0.3) is 0 Å². The van der Waals surface area contributed by atoms with Gasteiger partial charge in [0.05, 0.1) is 18.1 Å². The zero-order valence-electron chi connectivity index (χ0n) is 8.15. The predicted molar refractivity (Wildman–Crippen MR) is 51.4 cm³/mol. The maximum Gasteiger partial charge on any atom is 0.152 e. The van der Waals surface area contributed by atoms with E-state index in [4.69, 9.17) is 5.11 Å². The first-order valence-corrected chi connectivity index (χ1v) is 6.26. The van der Waals surface area contributed by atoms with Crippen LogP contribution in [0.2, 0.25) is 0 Å². The molecular formula is C8H17NO3S. The maximum atomic E-state index is 11.1. The summed E-state index contributed by atoms with van der Waals surface area (Å²) in [7, 11) is -2.81. The molecule has 4 nitrogen and oxygen atoms in total. The average molecular weight is 207 g/mol. The molecule has 1 rings (SSSR count). The van der Waals surface area contributed by atoms with Crippen LogP contribution in [-0.2, 0) is 9.84 Å². The Morgan fingerprint density at radius 2 is 1.77 bits per heavy atom. The minimum absolute atomic E-state index is 0.0625. The van der Waals surface area contributed by atoms with Crippen molar-refractivity contribution in [3.05, 3.63) is 0 Å². The van der Waals surface area contributed by atoms with E-state index in [2.05, 4.69) is 0 Å². The first-order valence-electron chi connectivity index (χ1n) is 4.44. The Bertz CT molecular complexity index is 257. The third-order valence-corrected chi connectivity index (χ3v) is 4.20. The van der Waals surface area contributed by atoms with E-state index in [1.54, 1.807) is 0 Å². The summed E-state index contributed by atoms with van der Waals surface area (Å²) >= 11 is 0. The number of aliphatic hydroxyl groups excluding tert-OH is 1. The molecule has 1 fully saturated rings. The van der Waals surface area contributed by atoms with Crippen molar-refractivity contribution in [2.45, 2.75) is 19.4 Å². The summed E-state index contributed by atoms with van der Waals surface area (Å²) in [5, 5.41) is 9.09. The second kappa shape index (κ2) is 3.55. The molecule has 0 aromatic carbocycles.